The van der Waals surface area contributed by atoms with Crippen LogP contribution in [0.5, 0.6) is 0 Å². The maximum atomic E-state index is 12.0. The summed E-state index contributed by atoms with van der Waals surface area (Å²) in [7, 11) is 0. The van der Waals surface area contributed by atoms with E-state index in [0.717, 1.165) is 6.42 Å². The molecule has 0 saturated carbocycles. The Bertz CT molecular complexity index is 391. The molecule has 0 aromatic heterocycles. The number of aliphatic imine (C=N–C) groups is 1. The molecule has 0 bridgehead atoms. The summed E-state index contributed by atoms with van der Waals surface area (Å²) in [5, 5.41) is 0. The predicted molar refractivity (Wildman–Crippen MR) is 85.3 cm³/mol. The van der Waals surface area contributed by atoms with Gasteiger partial charge in [0.2, 0.25) is 0 Å². The van der Waals surface area contributed by atoms with Crippen LogP contribution in [0, 0.1) is 0 Å². The number of hydrogen-bond donors (Lipinski definition) is 1. The molecule has 1 saturated heterocycles. The largest absolute Gasteiger partial charge is 0.444 e. The smallest absolute Gasteiger partial charge is 0.410 e. The minimum atomic E-state index is -0.457. The zero-order valence-electron chi connectivity index (χ0n) is 13.6. The summed E-state index contributed by atoms with van der Waals surface area (Å²) in [6, 6.07) is 0. The molecule has 1 aliphatic heterocycles. The van der Waals surface area contributed by atoms with E-state index in [1.54, 1.807) is 4.90 Å². The van der Waals surface area contributed by atoms with Crippen LogP contribution in [0.1, 0.15) is 34.1 Å². The standard InChI is InChI=1S/C15H28N4O2/c1-5-6-7-8-17-13(16)18-9-11-19(12-10-18)14(20)21-15(2,3)4/h5-6H,7-12H2,1-4H3,(H2,16,17). The van der Waals surface area contributed by atoms with Crippen LogP contribution in [-0.2, 0) is 4.74 Å². The number of carbonyl (C=O) groups is 1. The molecule has 1 amide bonds. The maximum absolute atomic E-state index is 12.0. The average Bonchev–Trinajstić information content (AvgIpc) is 2.41. The zero-order chi connectivity index (χ0) is 15.9. The van der Waals surface area contributed by atoms with Gasteiger partial charge in [-0.2, -0.15) is 0 Å². The third-order valence-corrected chi connectivity index (χ3v) is 3.06. The van der Waals surface area contributed by atoms with Gasteiger partial charge < -0.3 is 20.3 Å². The Balaban J connectivity index is 2.39. The van der Waals surface area contributed by atoms with Gasteiger partial charge in [-0.15, -0.1) is 0 Å². The van der Waals surface area contributed by atoms with Crippen molar-refractivity contribution in [2.75, 3.05) is 32.7 Å². The molecule has 0 radical (unpaired) electrons. The van der Waals surface area contributed by atoms with Crippen molar-refractivity contribution >= 4 is 12.1 Å². The molecule has 120 valence electrons. The molecule has 1 heterocycles. The Kier molecular flexibility index (Phi) is 6.52. The topological polar surface area (TPSA) is 71.2 Å². The molecular formula is C15H28N4O2. The van der Waals surface area contributed by atoms with Crippen molar-refractivity contribution in [3.05, 3.63) is 12.2 Å². The van der Waals surface area contributed by atoms with Crippen LogP contribution in [-0.4, -0.2) is 60.2 Å². The van der Waals surface area contributed by atoms with Crippen LogP contribution in [0.25, 0.3) is 0 Å². The highest BCUT2D eigenvalue weighted by Crippen LogP contribution is 2.11. The van der Waals surface area contributed by atoms with Gasteiger partial charge in [0, 0.05) is 32.7 Å². The molecule has 0 aromatic carbocycles. The number of hydrogen-bond acceptors (Lipinski definition) is 3. The molecule has 6 heteroatoms. The van der Waals surface area contributed by atoms with E-state index in [9.17, 15) is 4.79 Å². The van der Waals surface area contributed by atoms with E-state index in [4.69, 9.17) is 10.5 Å². The Hall–Kier alpha value is -1.72. The summed E-state index contributed by atoms with van der Waals surface area (Å²) >= 11 is 0. The first kappa shape index (κ1) is 17.3. The van der Waals surface area contributed by atoms with E-state index in [-0.39, 0.29) is 6.09 Å². The molecule has 2 N–H and O–H groups in total. The van der Waals surface area contributed by atoms with Gasteiger partial charge in [-0.3, -0.25) is 4.99 Å². The molecule has 21 heavy (non-hydrogen) atoms. The van der Waals surface area contributed by atoms with Crippen molar-refractivity contribution in [3.63, 3.8) is 0 Å². The van der Waals surface area contributed by atoms with Crippen LogP contribution in [0.15, 0.2) is 17.1 Å². The fourth-order valence-electron chi connectivity index (χ4n) is 1.96. The molecule has 0 unspecified atom stereocenters. The maximum Gasteiger partial charge on any atom is 0.410 e. The van der Waals surface area contributed by atoms with Gasteiger partial charge in [0.1, 0.15) is 5.60 Å². The highest BCUT2D eigenvalue weighted by molar-refractivity contribution is 5.78. The minimum absolute atomic E-state index is 0.259. The molecule has 1 rings (SSSR count). The number of amides is 1. The summed E-state index contributed by atoms with van der Waals surface area (Å²) in [6.07, 6.45) is 4.71. The minimum Gasteiger partial charge on any atom is -0.444 e. The second-order valence-electron chi connectivity index (χ2n) is 6.05. The summed E-state index contributed by atoms with van der Waals surface area (Å²) in [5.41, 5.74) is 5.51. The van der Waals surface area contributed by atoms with E-state index >= 15 is 0 Å². The van der Waals surface area contributed by atoms with E-state index in [2.05, 4.69) is 11.1 Å². The molecule has 0 spiro atoms. The number of carbonyl (C=O) groups excluding carboxylic acids is 1. The lowest BCUT2D eigenvalue weighted by molar-refractivity contribution is 0.0186. The van der Waals surface area contributed by atoms with Crippen molar-refractivity contribution < 1.29 is 9.53 Å². The van der Waals surface area contributed by atoms with Gasteiger partial charge in [-0.1, -0.05) is 12.2 Å². The Morgan fingerprint density at radius 2 is 1.81 bits per heavy atom. The van der Waals surface area contributed by atoms with Crippen molar-refractivity contribution in [2.45, 2.75) is 39.7 Å². The molecule has 6 nitrogen and oxygen atoms in total. The Labute approximate surface area is 127 Å². The SMILES string of the molecule is CC=CCCN=C(N)N1CCN(C(=O)OC(C)(C)C)CC1. The highest BCUT2D eigenvalue weighted by Gasteiger charge is 2.26. The van der Waals surface area contributed by atoms with Gasteiger partial charge in [-0.05, 0) is 34.1 Å². The predicted octanol–water partition coefficient (Wildman–Crippen LogP) is 1.82. The van der Waals surface area contributed by atoms with Crippen LogP contribution in [0.3, 0.4) is 0 Å². The summed E-state index contributed by atoms with van der Waals surface area (Å²) in [6.45, 7) is 10.9. The second kappa shape index (κ2) is 7.90. The first-order chi connectivity index (χ1) is 9.83. The van der Waals surface area contributed by atoms with Crippen molar-refractivity contribution in [1.29, 1.82) is 0 Å². The van der Waals surface area contributed by atoms with E-state index in [1.807, 2.05) is 38.7 Å². The summed E-state index contributed by atoms with van der Waals surface area (Å²) in [5.74, 6) is 0.559. The molecule has 0 atom stereocenters. The first-order valence-electron chi connectivity index (χ1n) is 7.47. The highest BCUT2D eigenvalue weighted by atomic mass is 16.6. The van der Waals surface area contributed by atoms with Gasteiger partial charge in [0.15, 0.2) is 5.96 Å². The van der Waals surface area contributed by atoms with Gasteiger partial charge in [0.25, 0.3) is 0 Å². The molecule has 0 aromatic rings. The number of piperazine rings is 1. The van der Waals surface area contributed by atoms with Gasteiger partial charge in [-0.25, -0.2) is 4.79 Å². The third-order valence-electron chi connectivity index (χ3n) is 3.06. The summed E-state index contributed by atoms with van der Waals surface area (Å²) < 4.78 is 5.36. The molecule has 0 aliphatic carbocycles. The average molecular weight is 296 g/mol. The number of rotatable bonds is 3. The fraction of sp³-hybridized carbons (Fsp3) is 0.733. The lowest BCUT2D eigenvalue weighted by Gasteiger charge is -2.36. The number of nitrogens with zero attached hydrogens (tertiary/aromatic N) is 3. The number of allylic oxidation sites excluding steroid dienone is 1. The lowest BCUT2D eigenvalue weighted by Crippen LogP contribution is -2.53. The number of guanidine groups is 1. The molecule has 1 aliphatic rings. The first-order valence-corrected chi connectivity index (χ1v) is 7.47. The Morgan fingerprint density at radius 1 is 1.24 bits per heavy atom. The van der Waals surface area contributed by atoms with Crippen LogP contribution >= 0.6 is 0 Å². The number of nitrogens with two attached hydrogens (primary N) is 1. The van der Waals surface area contributed by atoms with Gasteiger partial charge >= 0.3 is 6.09 Å². The number of ether oxygens (including phenoxy) is 1. The Morgan fingerprint density at radius 3 is 2.33 bits per heavy atom. The monoisotopic (exact) mass is 296 g/mol. The van der Waals surface area contributed by atoms with Crippen molar-refractivity contribution in [3.8, 4) is 0 Å². The van der Waals surface area contributed by atoms with E-state index in [0.29, 0.717) is 38.7 Å². The molecular weight excluding hydrogens is 268 g/mol. The van der Waals surface area contributed by atoms with Crippen LogP contribution in [0.4, 0.5) is 4.79 Å². The van der Waals surface area contributed by atoms with Crippen LogP contribution in [0.2, 0.25) is 0 Å². The summed E-state index contributed by atoms with van der Waals surface area (Å²) in [4.78, 5) is 20.0. The lowest BCUT2D eigenvalue weighted by atomic mass is 10.2. The van der Waals surface area contributed by atoms with E-state index < -0.39 is 5.60 Å². The third kappa shape index (κ3) is 6.51. The van der Waals surface area contributed by atoms with Crippen molar-refractivity contribution in [2.24, 2.45) is 10.7 Å². The van der Waals surface area contributed by atoms with Gasteiger partial charge in [0.05, 0.1) is 0 Å². The zero-order valence-corrected chi connectivity index (χ0v) is 13.6. The van der Waals surface area contributed by atoms with E-state index in [1.165, 1.54) is 0 Å². The molecule has 1 fully saturated rings. The fourth-order valence-corrected chi connectivity index (χ4v) is 1.96. The van der Waals surface area contributed by atoms with Crippen molar-refractivity contribution in [1.82, 2.24) is 9.80 Å². The normalized spacial score (nSPS) is 17.4. The van der Waals surface area contributed by atoms with Crippen LogP contribution < -0.4 is 5.73 Å². The second-order valence-corrected chi connectivity index (χ2v) is 6.05. The quantitative estimate of drug-likeness (QED) is 0.373.